The van der Waals surface area contributed by atoms with Crippen molar-refractivity contribution < 1.29 is 10.2 Å². The number of amidine groups is 1. The van der Waals surface area contributed by atoms with E-state index < -0.39 is 6.10 Å². The van der Waals surface area contributed by atoms with Crippen molar-refractivity contribution in [2.24, 2.45) is 4.99 Å². The molecule has 2 N–H and O–H groups in total. The van der Waals surface area contributed by atoms with E-state index in [-0.39, 0.29) is 18.2 Å². The van der Waals surface area contributed by atoms with Gasteiger partial charge in [-0.25, -0.2) is 9.98 Å². The summed E-state index contributed by atoms with van der Waals surface area (Å²) in [5, 5.41) is 21.1. The standard InChI is InChI=1S/C23H24Cl2N4O3/c1-14(29-11-19(31)10-18(29)12-30)27-17-4-5-20-22(9-17)26-13-28(23(20)32)7-6-15-2-3-16(24)8-21(15)25/h2-5,8-9,13,18-19,30-31H,6-7,10-12H2,1H3/t18-,19-/m1/s1. The van der Waals surface area contributed by atoms with Crippen LogP contribution >= 0.6 is 23.2 Å². The summed E-state index contributed by atoms with van der Waals surface area (Å²) in [6, 6.07) is 10.4. The normalized spacial score (nSPS) is 19.2. The lowest BCUT2D eigenvalue weighted by atomic mass is 10.1. The van der Waals surface area contributed by atoms with E-state index in [9.17, 15) is 15.0 Å². The number of nitrogens with zero attached hydrogens (tertiary/aromatic N) is 4. The van der Waals surface area contributed by atoms with Crippen LogP contribution in [0.1, 0.15) is 18.9 Å². The minimum atomic E-state index is -0.475. The highest BCUT2D eigenvalue weighted by molar-refractivity contribution is 6.35. The lowest BCUT2D eigenvalue weighted by Gasteiger charge is -2.24. The van der Waals surface area contributed by atoms with E-state index in [1.54, 1.807) is 34.9 Å². The average molecular weight is 475 g/mol. The summed E-state index contributed by atoms with van der Waals surface area (Å²) in [7, 11) is 0. The number of aromatic nitrogens is 2. The molecule has 2 aromatic carbocycles. The fraction of sp³-hybridized carbons (Fsp3) is 0.348. The Balaban J connectivity index is 1.55. The van der Waals surface area contributed by atoms with Gasteiger partial charge in [-0.1, -0.05) is 29.3 Å². The maximum absolute atomic E-state index is 12.9. The quantitative estimate of drug-likeness (QED) is 0.436. The number of hydrogen-bond donors (Lipinski definition) is 2. The van der Waals surface area contributed by atoms with E-state index in [0.717, 1.165) is 5.56 Å². The second-order valence-corrected chi connectivity index (χ2v) is 8.81. The predicted octanol–water partition coefficient (Wildman–Crippen LogP) is 3.42. The molecule has 4 rings (SSSR count). The Labute approximate surface area is 195 Å². The van der Waals surface area contributed by atoms with Crippen LogP contribution in [-0.2, 0) is 13.0 Å². The first-order chi connectivity index (χ1) is 15.4. The van der Waals surface area contributed by atoms with Crippen molar-refractivity contribution in [2.45, 2.75) is 38.5 Å². The number of rotatable bonds is 5. The number of fused-ring (bicyclic) bond motifs is 1. The van der Waals surface area contributed by atoms with Crippen LogP contribution in [0.4, 0.5) is 5.69 Å². The van der Waals surface area contributed by atoms with Gasteiger partial charge in [-0.2, -0.15) is 0 Å². The Morgan fingerprint density at radius 3 is 2.81 bits per heavy atom. The van der Waals surface area contributed by atoms with Crippen molar-refractivity contribution in [3.8, 4) is 0 Å². The highest BCUT2D eigenvalue weighted by atomic mass is 35.5. The molecule has 0 radical (unpaired) electrons. The average Bonchev–Trinajstić information content (AvgIpc) is 3.15. The van der Waals surface area contributed by atoms with Gasteiger partial charge in [0.15, 0.2) is 0 Å². The van der Waals surface area contributed by atoms with Crippen molar-refractivity contribution in [1.29, 1.82) is 0 Å². The summed E-state index contributed by atoms with van der Waals surface area (Å²) in [6.07, 6.45) is 2.16. The van der Waals surface area contributed by atoms with Gasteiger partial charge in [-0.3, -0.25) is 9.36 Å². The van der Waals surface area contributed by atoms with Crippen molar-refractivity contribution >= 4 is 45.6 Å². The number of hydrogen-bond acceptors (Lipinski definition) is 5. The fourth-order valence-corrected chi connectivity index (χ4v) is 4.56. The van der Waals surface area contributed by atoms with E-state index in [1.807, 2.05) is 17.9 Å². The molecule has 1 aliphatic heterocycles. The van der Waals surface area contributed by atoms with Crippen LogP contribution in [0.25, 0.3) is 10.9 Å². The Kier molecular flexibility index (Phi) is 6.81. The molecule has 1 fully saturated rings. The molecule has 9 heteroatoms. The lowest BCUT2D eigenvalue weighted by molar-refractivity contribution is 0.184. The predicted molar refractivity (Wildman–Crippen MR) is 127 cm³/mol. The smallest absolute Gasteiger partial charge is 0.261 e. The zero-order valence-corrected chi connectivity index (χ0v) is 19.1. The molecule has 0 unspecified atom stereocenters. The van der Waals surface area contributed by atoms with Gasteiger partial charge in [0.25, 0.3) is 5.56 Å². The Morgan fingerprint density at radius 1 is 1.25 bits per heavy atom. The zero-order chi connectivity index (χ0) is 22.8. The molecule has 1 aromatic heterocycles. The monoisotopic (exact) mass is 474 g/mol. The van der Waals surface area contributed by atoms with Crippen LogP contribution in [0, 0.1) is 0 Å². The first-order valence-corrected chi connectivity index (χ1v) is 11.2. The summed E-state index contributed by atoms with van der Waals surface area (Å²) in [4.78, 5) is 23.9. The Hall–Kier alpha value is -2.45. The summed E-state index contributed by atoms with van der Waals surface area (Å²) >= 11 is 12.2. The minimum Gasteiger partial charge on any atom is -0.394 e. The van der Waals surface area contributed by atoms with Crippen LogP contribution in [0.3, 0.4) is 0 Å². The van der Waals surface area contributed by atoms with E-state index in [2.05, 4.69) is 9.98 Å². The highest BCUT2D eigenvalue weighted by Crippen LogP contribution is 2.23. The third-order valence-electron chi connectivity index (χ3n) is 5.76. The summed E-state index contributed by atoms with van der Waals surface area (Å²) in [5.41, 5.74) is 2.00. The van der Waals surface area contributed by atoms with E-state index >= 15 is 0 Å². The topological polar surface area (TPSA) is 91.0 Å². The van der Waals surface area contributed by atoms with Crippen molar-refractivity contribution in [1.82, 2.24) is 14.5 Å². The largest absolute Gasteiger partial charge is 0.394 e. The molecule has 0 spiro atoms. The molecule has 0 saturated carbocycles. The number of benzene rings is 2. The second-order valence-electron chi connectivity index (χ2n) is 7.97. The highest BCUT2D eigenvalue weighted by Gasteiger charge is 2.31. The van der Waals surface area contributed by atoms with Gasteiger partial charge in [0.1, 0.15) is 5.84 Å². The third-order valence-corrected chi connectivity index (χ3v) is 6.34. The first kappa shape index (κ1) is 22.7. The molecule has 168 valence electrons. The molecule has 3 aromatic rings. The summed E-state index contributed by atoms with van der Waals surface area (Å²) in [5.74, 6) is 0.702. The first-order valence-electron chi connectivity index (χ1n) is 10.4. The summed E-state index contributed by atoms with van der Waals surface area (Å²) in [6.45, 7) is 2.69. The molecule has 1 aliphatic rings. The van der Waals surface area contributed by atoms with Gasteiger partial charge in [-0.15, -0.1) is 0 Å². The van der Waals surface area contributed by atoms with Gasteiger partial charge < -0.3 is 15.1 Å². The van der Waals surface area contributed by atoms with Crippen molar-refractivity contribution in [3.63, 3.8) is 0 Å². The molecule has 2 atom stereocenters. The van der Waals surface area contributed by atoms with Gasteiger partial charge >= 0.3 is 0 Å². The lowest BCUT2D eigenvalue weighted by Crippen LogP contribution is -2.36. The van der Waals surface area contributed by atoms with Crippen molar-refractivity contribution in [3.05, 3.63) is 68.7 Å². The van der Waals surface area contributed by atoms with Gasteiger partial charge in [-0.05, 0) is 55.7 Å². The molecule has 32 heavy (non-hydrogen) atoms. The summed E-state index contributed by atoms with van der Waals surface area (Å²) < 4.78 is 1.57. The van der Waals surface area contributed by atoms with Crippen molar-refractivity contribution in [2.75, 3.05) is 13.2 Å². The maximum atomic E-state index is 12.9. The number of halogens is 2. The number of aliphatic hydroxyl groups is 2. The molecule has 0 bridgehead atoms. The fourth-order valence-electron chi connectivity index (χ4n) is 4.05. The maximum Gasteiger partial charge on any atom is 0.261 e. The second kappa shape index (κ2) is 9.58. The van der Waals surface area contributed by atoms with E-state index in [0.29, 0.717) is 58.4 Å². The van der Waals surface area contributed by atoms with Gasteiger partial charge in [0, 0.05) is 23.1 Å². The number of β-amino-alcohol motifs (C(OH)–C–C–N with tert-alkyl or cyclic N) is 1. The zero-order valence-electron chi connectivity index (χ0n) is 17.6. The molecule has 7 nitrogen and oxygen atoms in total. The molecular formula is C23H24Cl2N4O3. The van der Waals surface area contributed by atoms with Crippen LogP contribution in [0.15, 0.2) is 52.5 Å². The van der Waals surface area contributed by atoms with E-state index in [1.165, 1.54) is 6.33 Å². The molecule has 0 amide bonds. The molecule has 0 aliphatic carbocycles. The Bertz CT molecular complexity index is 1230. The molecular weight excluding hydrogens is 451 g/mol. The Morgan fingerprint density at radius 2 is 2.06 bits per heavy atom. The van der Waals surface area contributed by atoms with Gasteiger partial charge in [0.2, 0.25) is 0 Å². The van der Waals surface area contributed by atoms with Crippen LogP contribution in [0.2, 0.25) is 10.0 Å². The molecule has 2 heterocycles. The number of likely N-dealkylation sites (tertiary alicyclic amines) is 1. The number of aliphatic imine (C=N–C) groups is 1. The number of aliphatic hydroxyl groups excluding tert-OH is 2. The van der Waals surface area contributed by atoms with Crippen LogP contribution < -0.4 is 5.56 Å². The minimum absolute atomic E-state index is 0.0377. The van der Waals surface area contributed by atoms with Crippen LogP contribution in [-0.4, -0.2) is 55.8 Å². The molecule has 1 saturated heterocycles. The third kappa shape index (κ3) is 4.81. The van der Waals surface area contributed by atoms with Crippen LogP contribution in [0.5, 0.6) is 0 Å². The van der Waals surface area contributed by atoms with E-state index in [4.69, 9.17) is 23.2 Å². The number of aryl methyl sites for hydroxylation is 2. The van der Waals surface area contributed by atoms with Gasteiger partial charge in [0.05, 0.1) is 41.7 Å². The SMILES string of the molecule is CC(=Nc1ccc2c(=O)n(CCc3ccc(Cl)cc3Cl)cnc2c1)N1C[C@H](O)C[C@@H]1CO.